The van der Waals surface area contributed by atoms with Crippen LogP contribution in [0.15, 0.2) is 24.7 Å². The number of hydrogen-bond acceptors (Lipinski definition) is 8. The maximum absolute atomic E-state index is 13.4. The second kappa shape index (κ2) is 10.9. The zero-order chi connectivity index (χ0) is 27.8. The largest absolute Gasteiger partial charge is 0.390 e. The molecule has 3 aromatic heterocycles. The number of aliphatic hydroxyl groups is 1. The van der Waals surface area contributed by atoms with Gasteiger partial charge in [0, 0.05) is 55.2 Å². The number of amides is 1. The van der Waals surface area contributed by atoms with E-state index in [4.69, 9.17) is 14.6 Å². The molecular formula is C28H41N7O4. The fraction of sp³-hybridized carbons (Fsp3) is 0.643. The summed E-state index contributed by atoms with van der Waals surface area (Å²) in [6, 6.07) is 2.23. The molecule has 1 amide bonds. The predicted octanol–water partition coefficient (Wildman–Crippen LogP) is 3.04. The molecule has 1 aliphatic heterocycles. The van der Waals surface area contributed by atoms with Crippen LogP contribution in [0.3, 0.4) is 0 Å². The van der Waals surface area contributed by atoms with E-state index in [1.54, 1.807) is 11.8 Å². The van der Waals surface area contributed by atoms with E-state index < -0.39 is 11.1 Å². The Kier molecular flexibility index (Phi) is 7.67. The number of carbonyl (C=O) groups excluding carboxylic acids is 1. The Labute approximate surface area is 229 Å². The van der Waals surface area contributed by atoms with E-state index in [2.05, 4.69) is 21.5 Å². The highest BCUT2D eigenvalue weighted by Crippen LogP contribution is 2.40. The number of ether oxygens (including phenoxy) is 2. The van der Waals surface area contributed by atoms with Crippen molar-refractivity contribution in [3.63, 3.8) is 0 Å². The first-order valence-electron chi connectivity index (χ1n) is 13.9. The summed E-state index contributed by atoms with van der Waals surface area (Å²) in [6.45, 7) is 10.6. The number of rotatable bonds is 8. The topological polar surface area (TPSA) is 119 Å². The van der Waals surface area contributed by atoms with Gasteiger partial charge in [0.25, 0.3) is 0 Å². The molecule has 0 unspecified atom stereocenters. The third kappa shape index (κ3) is 5.66. The maximum Gasteiger partial charge on any atom is 0.250 e. The van der Waals surface area contributed by atoms with Crippen molar-refractivity contribution in [3.8, 4) is 11.1 Å². The molecule has 0 radical (unpaired) electrons. The Bertz CT molecular complexity index is 1300. The van der Waals surface area contributed by atoms with Gasteiger partial charge in [-0.1, -0.05) is 0 Å². The number of carbonyl (C=O) groups is 1. The summed E-state index contributed by atoms with van der Waals surface area (Å²) in [5, 5.41) is 23.4. The van der Waals surface area contributed by atoms with Crippen molar-refractivity contribution in [1.29, 1.82) is 0 Å². The van der Waals surface area contributed by atoms with Gasteiger partial charge in [-0.3, -0.25) is 9.48 Å². The van der Waals surface area contributed by atoms with Crippen molar-refractivity contribution in [2.45, 2.75) is 76.5 Å². The third-order valence-corrected chi connectivity index (χ3v) is 8.11. The number of hydrogen-bond donors (Lipinski definition) is 2. The average molecular weight is 540 g/mol. The van der Waals surface area contributed by atoms with E-state index in [-0.39, 0.29) is 17.9 Å². The van der Waals surface area contributed by atoms with Gasteiger partial charge in [0.05, 0.1) is 43.3 Å². The predicted molar refractivity (Wildman–Crippen MR) is 148 cm³/mol. The standard InChI is InChI=1S/C28H41N7O4/c1-19(18-38-5)31-26-29-16-24-22(14-23(35(24)32-26)20-6-8-28(4,37)9-7-20)21-15-30-34(17-21)27(2,3)25(36)33-10-12-39-13-11-33/h14-17,19-20,37H,6-13,18H2,1-5H3,(H,31,32)/t19-,20-,28+/m0/s1. The molecule has 2 aliphatic rings. The fourth-order valence-corrected chi connectivity index (χ4v) is 5.67. The molecule has 3 aromatic rings. The highest BCUT2D eigenvalue weighted by atomic mass is 16.5. The Balaban J connectivity index is 1.50. The lowest BCUT2D eigenvalue weighted by atomic mass is 9.78. The van der Waals surface area contributed by atoms with Crippen molar-refractivity contribution in [2.24, 2.45) is 0 Å². The van der Waals surface area contributed by atoms with Crippen molar-refractivity contribution in [3.05, 3.63) is 30.4 Å². The monoisotopic (exact) mass is 539 g/mol. The van der Waals surface area contributed by atoms with E-state index >= 15 is 0 Å². The molecule has 1 saturated carbocycles. The van der Waals surface area contributed by atoms with Gasteiger partial charge in [-0.05, 0) is 59.4 Å². The van der Waals surface area contributed by atoms with E-state index in [1.807, 2.05) is 55.7 Å². The minimum atomic E-state index is -0.839. The molecule has 11 nitrogen and oxygen atoms in total. The molecule has 5 rings (SSSR count). The van der Waals surface area contributed by atoms with Crippen molar-refractivity contribution >= 4 is 17.4 Å². The summed E-state index contributed by atoms with van der Waals surface area (Å²) in [7, 11) is 1.67. The molecule has 4 heterocycles. The zero-order valence-electron chi connectivity index (χ0n) is 23.7. The Hall–Kier alpha value is -3.02. The van der Waals surface area contributed by atoms with Crippen LogP contribution in [-0.4, -0.2) is 92.0 Å². The highest BCUT2D eigenvalue weighted by Gasteiger charge is 2.36. The van der Waals surface area contributed by atoms with Crippen LogP contribution in [0.25, 0.3) is 16.6 Å². The van der Waals surface area contributed by atoms with E-state index in [9.17, 15) is 9.90 Å². The smallest absolute Gasteiger partial charge is 0.250 e. The second-order valence-corrected chi connectivity index (χ2v) is 11.8. The number of nitrogens with zero attached hydrogens (tertiary/aromatic N) is 6. The summed E-state index contributed by atoms with van der Waals surface area (Å²) < 4.78 is 14.4. The summed E-state index contributed by atoms with van der Waals surface area (Å²) in [5.41, 5.74) is 2.39. The number of nitrogens with one attached hydrogen (secondary N) is 1. The number of anilines is 1. The summed E-state index contributed by atoms with van der Waals surface area (Å²) in [6.07, 6.45) is 8.85. The van der Waals surface area contributed by atoms with Crippen LogP contribution in [-0.2, 0) is 19.8 Å². The van der Waals surface area contributed by atoms with Gasteiger partial charge in [-0.25, -0.2) is 9.50 Å². The molecule has 1 aliphatic carbocycles. The summed E-state index contributed by atoms with van der Waals surface area (Å²) >= 11 is 0. The van der Waals surface area contributed by atoms with Gasteiger partial charge in [0.2, 0.25) is 11.9 Å². The maximum atomic E-state index is 13.4. The SMILES string of the molecule is COC[C@H](C)Nc1ncc2c(-c3cnn(C(C)(C)C(=O)N4CCOCC4)c3)cc([C@H]3CC[C@@](C)(O)CC3)n2n1. The molecule has 39 heavy (non-hydrogen) atoms. The van der Waals surface area contributed by atoms with Gasteiger partial charge in [0.1, 0.15) is 5.54 Å². The van der Waals surface area contributed by atoms with Gasteiger partial charge in [-0.2, -0.15) is 5.10 Å². The Morgan fingerprint density at radius 2 is 2.00 bits per heavy atom. The molecule has 0 aromatic carbocycles. The van der Waals surface area contributed by atoms with Crippen LogP contribution in [0.1, 0.15) is 65.0 Å². The van der Waals surface area contributed by atoms with Gasteiger partial charge in [-0.15, -0.1) is 5.10 Å². The minimum absolute atomic E-state index is 0.0290. The molecular weight excluding hydrogens is 498 g/mol. The summed E-state index contributed by atoms with van der Waals surface area (Å²) in [4.78, 5) is 19.8. The van der Waals surface area contributed by atoms with Gasteiger partial charge >= 0.3 is 0 Å². The zero-order valence-corrected chi connectivity index (χ0v) is 23.7. The summed E-state index contributed by atoms with van der Waals surface area (Å²) in [5.74, 6) is 0.826. The molecule has 212 valence electrons. The van der Waals surface area contributed by atoms with Crippen LogP contribution in [0.2, 0.25) is 0 Å². The molecule has 0 bridgehead atoms. The minimum Gasteiger partial charge on any atom is -0.390 e. The number of methoxy groups -OCH3 is 1. The molecule has 1 atom stereocenters. The lowest BCUT2D eigenvalue weighted by molar-refractivity contribution is -0.143. The van der Waals surface area contributed by atoms with Crippen LogP contribution < -0.4 is 5.32 Å². The van der Waals surface area contributed by atoms with E-state index in [0.29, 0.717) is 38.9 Å². The lowest BCUT2D eigenvalue weighted by Crippen LogP contribution is -2.51. The van der Waals surface area contributed by atoms with Gasteiger partial charge < -0.3 is 24.8 Å². The average Bonchev–Trinajstić information content (AvgIpc) is 3.55. The van der Waals surface area contributed by atoms with Crippen LogP contribution in [0, 0.1) is 0 Å². The van der Waals surface area contributed by atoms with Crippen LogP contribution in [0.5, 0.6) is 0 Å². The van der Waals surface area contributed by atoms with Gasteiger partial charge in [0.15, 0.2) is 0 Å². The van der Waals surface area contributed by atoms with Crippen molar-refractivity contribution in [2.75, 3.05) is 45.3 Å². The Morgan fingerprint density at radius 3 is 2.69 bits per heavy atom. The Morgan fingerprint density at radius 1 is 1.28 bits per heavy atom. The molecule has 2 N–H and O–H groups in total. The molecule has 1 saturated heterocycles. The first-order valence-corrected chi connectivity index (χ1v) is 13.9. The van der Waals surface area contributed by atoms with Crippen LogP contribution in [0.4, 0.5) is 5.95 Å². The number of aromatic nitrogens is 5. The number of fused-ring (bicyclic) bond motifs is 1. The van der Waals surface area contributed by atoms with Crippen LogP contribution >= 0.6 is 0 Å². The molecule has 0 spiro atoms. The quantitative estimate of drug-likeness (QED) is 0.448. The first kappa shape index (κ1) is 27.5. The fourth-order valence-electron chi connectivity index (χ4n) is 5.67. The molecule has 11 heteroatoms. The first-order chi connectivity index (χ1) is 18.6. The van der Waals surface area contributed by atoms with Crippen molar-refractivity contribution < 1.29 is 19.4 Å². The van der Waals surface area contributed by atoms with E-state index in [1.165, 1.54) is 0 Å². The molecule has 2 fully saturated rings. The number of morpholine rings is 1. The normalized spacial score (nSPS) is 23.2. The second-order valence-electron chi connectivity index (χ2n) is 11.8. The highest BCUT2D eigenvalue weighted by molar-refractivity contribution is 5.85. The third-order valence-electron chi connectivity index (χ3n) is 8.11. The van der Waals surface area contributed by atoms with Crippen molar-refractivity contribution in [1.82, 2.24) is 29.3 Å². The lowest BCUT2D eigenvalue weighted by Gasteiger charge is -2.34. The van der Waals surface area contributed by atoms with E-state index in [0.717, 1.165) is 48.0 Å².